The summed E-state index contributed by atoms with van der Waals surface area (Å²) in [4.78, 5) is 26.9. The highest BCUT2D eigenvalue weighted by atomic mass is 16.7. The molecular weight excluding hydrogens is 326 g/mol. The number of carbonyl (C=O) groups is 2. The number of Topliss-reactive ketones (excluding diaryl/α,β-unsaturated/α-hetero) is 1. The maximum atomic E-state index is 12.9. The average molecular weight is 343 g/mol. The largest absolute Gasteiger partial charge is 0.461 e. The Balaban J connectivity index is 1.52. The fourth-order valence-electron chi connectivity index (χ4n) is 3.04. The lowest BCUT2D eigenvalue weighted by Crippen LogP contribution is -2.49. The molecule has 7 heteroatoms. The Kier molecular flexibility index (Phi) is 4.15. The number of hydrogen-bond acceptors (Lipinski definition) is 6. The van der Waals surface area contributed by atoms with Crippen molar-refractivity contribution in [2.45, 2.75) is 12.5 Å². The van der Waals surface area contributed by atoms with E-state index < -0.39 is 0 Å². The van der Waals surface area contributed by atoms with Gasteiger partial charge in [-0.3, -0.25) is 9.59 Å². The molecule has 25 heavy (non-hydrogen) atoms. The van der Waals surface area contributed by atoms with Gasteiger partial charge in [0.2, 0.25) is 6.79 Å². The molecule has 0 saturated carbocycles. The molecule has 130 valence electrons. The van der Waals surface area contributed by atoms with E-state index in [2.05, 4.69) is 0 Å². The Bertz CT molecular complexity index is 785. The summed E-state index contributed by atoms with van der Waals surface area (Å²) in [5.74, 6) is 1.18. The lowest BCUT2D eigenvalue weighted by Gasteiger charge is -2.35. The Morgan fingerprint density at radius 2 is 2.04 bits per heavy atom. The van der Waals surface area contributed by atoms with Gasteiger partial charge in [-0.25, -0.2) is 0 Å². The summed E-state index contributed by atoms with van der Waals surface area (Å²) in [6.45, 7) is 1.36. The van der Waals surface area contributed by atoms with Crippen LogP contribution in [0.4, 0.5) is 0 Å². The van der Waals surface area contributed by atoms with Crippen LogP contribution in [0, 0.1) is 0 Å². The minimum Gasteiger partial charge on any atom is -0.461 e. The van der Waals surface area contributed by atoms with Crippen molar-refractivity contribution in [2.75, 3.05) is 26.6 Å². The number of furan rings is 1. The van der Waals surface area contributed by atoms with Gasteiger partial charge < -0.3 is 23.5 Å². The highest BCUT2D eigenvalue weighted by Crippen LogP contribution is 2.33. The number of ketones is 1. The second kappa shape index (κ2) is 6.60. The van der Waals surface area contributed by atoms with Crippen LogP contribution in [-0.2, 0) is 4.74 Å². The normalized spacial score (nSPS) is 19.0. The summed E-state index contributed by atoms with van der Waals surface area (Å²) in [5.41, 5.74) is 0.501. The summed E-state index contributed by atoms with van der Waals surface area (Å²) < 4.78 is 21.2. The van der Waals surface area contributed by atoms with E-state index in [1.807, 2.05) is 0 Å². The molecule has 7 nitrogen and oxygen atoms in total. The Labute approximate surface area is 144 Å². The van der Waals surface area contributed by atoms with E-state index in [1.54, 1.807) is 35.2 Å². The molecule has 4 rings (SSSR count). The molecule has 0 bridgehead atoms. The third-order valence-corrected chi connectivity index (χ3v) is 4.32. The number of ether oxygens (including phenoxy) is 3. The first-order valence-corrected chi connectivity index (χ1v) is 8.07. The van der Waals surface area contributed by atoms with E-state index >= 15 is 0 Å². The molecule has 0 spiro atoms. The molecule has 1 atom stereocenters. The fourth-order valence-corrected chi connectivity index (χ4v) is 3.04. The van der Waals surface area contributed by atoms with Crippen molar-refractivity contribution in [3.63, 3.8) is 0 Å². The Morgan fingerprint density at radius 1 is 1.16 bits per heavy atom. The average Bonchev–Trinajstić information content (AvgIpc) is 3.32. The SMILES string of the molecule is O=C(C[C@@H]1COCCN1C(=O)c1ccc2c(c1)OCO2)c1ccco1. The van der Waals surface area contributed by atoms with Gasteiger partial charge in [-0.1, -0.05) is 0 Å². The predicted octanol–water partition coefficient (Wildman–Crippen LogP) is 2.12. The van der Waals surface area contributed by atoms with Crippen molar-refractivity contribution < 1.29 is 28.2 Å². The van der Waals surface area contributed by atoms with Crippen molar-refractivity contribution >= 4 is 11.7 Å². The predicted molar refractivity (Wildman–Crippen MR) is 85.9 cm³/mol. The molecule has 1 fully saturated rings. The van der Waals surface area contributed by atoms with Gasteiger partial charge in [0, 0.05) is 18.5 Å². The molecule has 1 aromatic heterocycles. The van der Waals surface area contributed by atoms with Crippen LogP contribution in [0.1, 0.15) is 27.3 Å². The van der Waals surface area contributed by atoms with E-state index in [0.717, 1.165) is 0 Å². The highest BCUT2D eigenvalue weighted by Gasteiger charge is 2.31. The molecule has 0 radical (unpaired) electrons. The van der Waals surface area contributed by atoms with Crippen LogP contribution in [0.25, 0.3) is 0 Å². The number of fused-ring (bicyclic) bond motifs is 1. The second-order valence-electron chi connectivity index (χ2n) is 5.90. The first-order chi connectivity index (χ1) is 12.2. The van der Waals surface area contributed by atoms with Crippen LogP contribution in [0.15, 0.2) is 41.0 Å². The maximum Gasteiger partial charge on any atom is 0.254 e. The molecule has 0 N–H and O–H groups in total. The summed E-state index contributed by atoms with van der Waals surface area (Å²) in [5, 5.41) is 0. The van der Waals surface area contributed by atoms with Gasteiger partial charge in [-0.05, 0) is 30.3 Å². The van der Waals surface area contributed by atoms with Gasteiger partial charge in [0.1, 0.15) is 0 Å². The molecule has 2 aromatic rings. The maximum absolute atomic E-state index is 12.9. The summed E-state index contributed by atoms with van der Waals surface area (Å²) in [6, 6.07) is 8.06. The molecule has 3 heterocycles. The summed E-state index contributed by atoms with van der Waals surface area (Å²) in [6.07, 6.45) is 1.62. The smallest absolute Gasteiger partial charge is 0.254 e. The molecular formula is C18H17NO6. The lowest BCUT2D eigenvalue weighted by atomic mass is 10.0. The molecule has 1 aromatic carbocycles. The zero-order valence-corrected chi connectivity index (χ0v) is 13.5. The number of benzene rings is 1. The number of rotatable bonds is 4. The lowest BCUT2D eigenvalue weighted by molar-refractivity contribution is -0.00304. The topological polar surface area (TPSA) is 78.2 Å². The Morgan fingerprint density at radius 3 is 2.88 bits per heavy atom. The van der Waals surface area contributed by atoms with E-state index in [4.69, 9.17) is 18.6 Å². The minimum absolute atomic E-state index is 0.149. The number of amides is 1. The van der Waals surface area contributed by atoms with Crippen molar-refractivity contribution in [3.05, 3.63) is 47.9 Å². The summed E-state index contributed by atoms with van der Waals surface area (Å²) in [7, 11) is 0. The number of morpholine rings is 1. The third-order valence-electron chi connectivity index (χ3n) is 4.32. The van der Waals surface area contributed by atoms with Gasteiger partial charge in [-0.15, -0.1) is 0 Å². The van der Waals surface area contributed by atoms with Gasteiger partial charge in [0.15, 0.2) is 23.0 Å². The van der Waals surface area contributed by atoms with Crippen LogP contribution >= 0.6 is 0 Å². The first-order valence-electron chi connectivity index (χ1n) is 8.07. The molecule has 2 aliphatic heterocycles. The first kappa shape index (κ1) is 15.7. The number of nitrogens with zero attached hydrogens (tertiary/aromatic N) is 1. The summed E-state index contributed by atoms with van der Waals surface area (Å²) >= 11 is 0. The van der Waals surface area contributed by atoms with Crippen molar-refractivity contribution in [2.24, 2.45) is 0 Å². The molecule has 0 unspecified atom stereocenters. The standard InChI is InChI=1S/C18H17NO6/c20-14(15-2-1-6-23-15)9-13-10-22-7-5-19(13)18(21)12-3-4-16-17(8-12)25-11-24-16/h1-4,6,8,13H,5,7,9-11H2/t13-/m1/s1. The molecule has 1 saturated heterocycles. The second-order valence-corrected chi connectivity index (χ2v) is 5.90. The van der Waals surface area contributed by atoms with Gasteiger partial charge >= 0.3 is 0 Å². The van der Waals surface area contributed by atoms with Crippen LogP contribution in [-0.4, -0.2) is 49.2 Å². The van der Waals surface area contributed by atoms with Gasteiger partial charge in [-0.2, -0.15) is 0 Å². The van der Waals surface area contributed by atoms with Crippen LogP contribution in [0.5, 0.6) is 11.5 Å². The highest BCUT2D eigenvalue weighted by molar-refractivity contribution is 5.97. The van der Waals surface area contributed by atoms with E-state index in [0.29, 0.717) is 42.6 Å². The van der Waals surface area contributed by atoms with Gasteiger partial charge in [0.25, 0.3) is 5.91 Å². The number of carbonyl (C=O) groups excluding carboxylic acids is 2. The molecule has 1 amide bonds. The van der Waals surface area contributed by atoms with Crippen LogP contribution < -0.4 is 9.47 Å². The monoisotopic (exact) mass is 343 g/mol. The van der Waals surface area contributed by atoms with Crippen molar-refractivity contribution in [1.29, 1.82) is 0 Å². The van der Waals surface area contributed by atoms with Crippen molar-refractivity contribution in [1.82, 2.24) is 4.90 Å². The van der Waals surface area contributed by atoms with E-state index in [1.165, 1.54) is 6.26 Å². The van der Waals surface area contributed by atoms with Crippen LogP contribution in [0.3, 0.4) is 0 Å². The molecule has 2 aliphatic rings. The zero-order valence-electron chi connectivity index (χ0n) is 13.5. The number of hydrogen-bond donors (Lipinski definition) is 0. The minimum atomic E-state index is -0.329. The van der Waals surface area contributed by atoms with Crippen molar-refractivity contribution in [3.8, 4) is 11.5 Å². The van der Waals surface area contributed by atoms with E-state index in [9.17, 15) is 9.59 Å². The van der Waals surface area contributed by atoms with Gasteiger partial charge in [0.05, 0.1) is 25.5 Å². The fraction of sp³-hybridized carbons (Fsp3) is 0.333. The molecule has 0 aliphatic carbocycles. The zero-order chi connectivity index (χ0) is 17.2. The van der Waals surface area contributed by atoms with Crippen LogP contribution in [0.2, 0.25) is 0 Å². The van der Waals surface area contributed by atoms with E-state index in [-0.39, 0.29) is 30.9 Å². The Hall–Kier alpha value is -2.80. The third kappa shape index (κ3) is 3.10. The quantitative estimate of drug-likeness (QED) is 0.792.